The van der Waals surface area contributed by atoms with Crippen molar-refractivity contribution >= 4 is 34.4 Å². The second-order valence-electron chi connectivity index (χ2n) is 13.4. The lowest BCUT2D eigenvalue weighted by molar-refractivity contribution is 0.542. The van der Waals surface area contributed by atoms with Gasteiger partial charge in [-0.3, -0.25) is 0 Å². The molecule has 0 aliphatic heterocycles. The fourth-order valence-corrected chi connectivity index (χ4v) is 6.28. The number of nitrogens with one attached hydrogen (secondary N) is 1. The van der Waals surface area contributed by atoms with E-state index in [2.05, 4.69) is 214 Å². The molecular formula is C45H44N2. The highest BCUT2D eigenvalue weighted by Crippen LogP contribution is 2.38. The maximum atomic E-state index is 3.80. The molecule has 0 unspecified atom stereocenters. The smallest absolute Gasteiger partial charge is 0.0569 e. The van der Waals surface area contributed by atoms with E-state index in [1.54, 1.807) is 0 Å². The minimum atomic E-state index is -0.265. The lowest BCUT2D eigenvalue weighted by Gasteiger charge is -2.31. The Morgan fingerprint density at radius 1 is 0.511 bits per heavy atom. The largest absolute Gasteiger partial charge is 0.376 e. The van der Waals surface area contributed by atoms with E-state index in [9.17, 15) is 0 Å². The first-order valence-corrected chi connectivity index (χ1v) is 16.5. The van der Waals surface area contributed by atoms with Crippen LogP contribution >= 0.6 is 0 Å². The van der Waals surface area contributed by atoms with Gasteiger partial charge in [-0.2, -0.15) is 0 Å². The number of rotatable bonds is 11. The van der Waals surface area contributed by atoms with Crippen molar-refractivity contribution in [3.05, 3.63) is 192 Å². The summed E-state index contributed by atoms with van der Waals surface area (Å²) in [7, 11) is 0. The summed E-state index contributed by atoms with van der Waals surface area (Å²) in [5.41, 5.74) is 10.6. The maximum absolute atomic E-state index is 3.80. The third-order valence-electron chi connectivity index (χ3n) is 8.92. The number of hydrogen-bond donors (Lipinski definition) is 1. The van der Waals surface area contributed by atoms with Crippen LogP contribution in [0.4, 0.5) is 22.7 Å². The Kier molecular flexibility index (Phi) is 9.40. The van der Waals surface area contributed by atoms with E-state index in [-0.39, 0.29) is 11.0 Å². The van der Waals surface area contributed by atoms with E-state index in [4.69, 9.17) is 0 Å². The quantitative estimate of drug-likeness (QED) is 0.146. The van der Waals surface area contributed by atoms with Crippen molar-refractivity contribution in [1.82, 2.24) is 0 Å². The average Bonchev–Trinajstić information content (AvgIpc) is 3.10. The van der Waals surface area contributed by atoms with Gasteiger partial charge in [-0.15, -0.1) is 0 Å². The molecule has 2 nitrogen and oxygen atoms in total. The van der Waals surface area contributed by atoms with E-state index in [1.165, 1.54) is 27.8 Å². The number of para-hydroxylation sites is 2. The van der Waals surface area contributed by atoms with Crippen LogP contribution in [0.2, 0.25) is 0 Å². The van der Waals surface area contributed by atoms with Crippen LogP contribution in [0.15, 0.2) is 170 Å². The van der Waals surface area contributed by atoms with Gasteiger partial charge in [0.25, 0.3) is 0 Å². The first kappa shape index (κ1) is 31.6. The maximum Gasteiger partial charge on any atom is 0.0569 e. The zero-order valence-electron chi connectivity index (χ0n) is 27.9. The molecule has 0 radical (unpaired) electrons. The molecule has 1 N–H and O–H groups in total. The third-order valence-corrected chi connectivity index (χ3v) is 8.92. The van der Waals surface area contributed by atoms with Crippen LogP contribution in [0.25, 0.3) is 11.6 Å². The topological polar surface area (TPSA) is 15.3 Å². The molecule has 6 aromatic rings. The summed E-state index contributed by atoms with van der Waals surface area (Å²) in [5, 5.41) is 3.80. The summed E-state index contributed by atoms with van der Waals surface area (Å²) in [4.78, 5) is 2.29. The van der Waals surface area contributed by atoms with Crippen molar-refractivity contribution in [3.63, 3.8) is 0 Å². The van der Waals surface area contributed by atoms with Crippen molar-refractivity contribution in [3.8, 4) is 0 Å². The lowest BCUT2D eigenvalue weighted by atomic mass is 9.77. The van der Waals surface area contributed by atoms with Gasteiger partial charge in [-0.1, -0.05) is 141 Å². The predicted molar refractivity (Wildman–Crippen MR) is 203 cm³/mol. The number of benzene rings is 6. The van der Waals surface area contributed by atoms with Crippen LogP contribution in [0.1, 0.15) is 56.4 Å². The first-order chi connectivity index (χ1) is 22.8. The van der Waals surface area contributed by atoms with E-state index in [0.717, 1.165) is 29.2 Å². The molecule has 0 bridgehead atoms. The van der Waals surface area contributed by atoms with E-state index in [0.29, 0.717) is 0 Å². The normalized spacial score (nSPS) is 12.0. The fraction of sp³-hybridized carbons (Fsp3) is 0.156. The van der Waals surface area contributed by atoms with Gasteiger partial charge in [-0.25, -0.2) is 0 Å². The van der Waals surface area contributed by atoms with Gasteiger partial charge in [0.1, 0.15) is 0 Å². The van der Waals surface area contributed by atoms with Crippen LogP contribution < -0.4 is 10.2 Å². The number of allylic oxidation sites excluding steroid dienone is 1. The molecule has 2 heteroatoms. The average molecular weight is 613 g/mol. The van der Waals surface area contributed by atoms with Crippen molar-refractivity contribution in [2.24, 2.45) is 0 Å². The molecule has 0 aliphatic rings. The monoisotopic (exact) mass is 612 g/mol. The van der Waals surface area contributed by atoms with Crippen LogP contribution in [0.5, 0.6) is 0 Å². The number of anilines is 4. The van der Waals surface area contributed by atoms with E-state index >= 15 is 0 Å². The van der Waals surface area contributed by atoms with Crippen molar-refractivity contribution in [2.75, 3.05) is 10.2 Å². The second-order valence-corrected chi connectivity index (χ2v) is 13.4. The van der Waals surface area contributed by atoms with Gasteiger partial charge < -0.3 is 10.2 Å². The minimum Gasteiger partial charge on any atom is -0.376 e. The summed E-state index contributed by atoms with van der Waals surface area (Å²) in [5.74, 6) is 0. The predicted octanol–water partition coefficient (Wildman–Crippen LogP) is 12.4. The molecular weight excluding hydrogens is 569 g/mol. The first-order valence-electron chi connectivity index (χ1n) is 16.5. The Morgan fingerprint density at radius 2 is 0.957 bits per heavy atom. The Morgan fingerprint density at radius 3 is 1.49 bits per heavy atom. The highest BCUT2D eigenvalue weighted by atomic mass is 15.1. The zero-order valence-corrected chi connectivity index (χ0v) is 27.9. The molecule has 0 heterocycles. The molecule has 0 spiro atoms. The number of nitrogens with zero attached hydrogens (tertiary/aromatic N) is 1. The zero-order chi connectivity index (χ0) is 32.7. The summed E-state index contributed by atoms with van der Waals surface area (Å²) in [6.45, 7) is 9.17. The number of hydrogen-bond acceptors (Lipinski definition) is 2. The summed E-state index contributed by atoms with van der Waals surface area (Å²) in [6, 6.07) is 60.4. The SMILES string of the molecule is CC(C)(C/C(=C/c1ccccc1)c1ccccc1)c1ccc(NC(C)(C)c2ccc(N(c3ccccc3)c3ccccc3)cc2)cc1. The molecule has 0 amide bonds. The summed E-state index contributed by atoms with van der Waals surface area (Å²) in [6.07, 6.45) is 3.26. The van der Waals surface area contributed by atoms with E-state index in [1.807, 2.05) is 0 Å². The van der Waals surface area contributed by atoms with Crippen molar-refractivity contribution in [2.45, 2.75) is 45.1 Å². The van der Waals surface area contributed by atoms with Crippen molar-refractivity contribution in [1.29, 1.82) is 0 Å². The van der Waals surface area contributed by atoms with Crippen molar-refractivity contribution < 1.29 is 0 Å². The van der Waals surface area contributed by atoms with Crippen LogP contribution in [-0.2, 0) is 11.0 Å². The summed E-state index contributed by atoms with van der Waals surface area (Å²) >= 11 is 0. The molecule has 0 saturated carbocycles. The highest BCUT2D eigenvalue weighted by Gasteiger charge is 2.25. The minimum absolute atomic E-state index is 0.0519. The molecule has 234 valence electrons. The molecule has 0 aliphatic carbocycles. The Labute approximate surface area is 281 Å². The van der Waals surface area contributed by atoms with Gasteiger partial charge in [0, 0.05) is 22.7 Å². The highest BCUT2D eigenvalue weighted by molar-refractivity contribution is 5.82. The Hall–Kier alpha value is -5.34. The molecule has 0 saturated heterocycles. The van der Waals surface area contributed by atoms with Gasteiger partial charge in [0.05, 0.1) is 5.54 Å². The Balaban J connectivity index is 1.19. The standard InChI is InChI=1S/C45H44N2/c1-44(2,34-37(36-19-11-6-12-20-36)33-35-17-9-5-10-18-35)38-25-29-40(30-26-38)46-45(3,4)39-27-31-43(32-28-39)47(41-21-13-7-14-22-41)42-23-15-8-16-24-42/h5-33,46H,34H2,1-4H3/b37-33-. The van der Waals surface area contributed by atoms with Gasteiger partial charge in [-0.05, 0) is 102 Å². The van der Waals surface area contributed by atoms with Gasteiger partial charge in [0.15, 0.2) is 0 Å². The molecule has 0 atom stereocenters. The fourth-order valence-electron chi connectivity index (χ4n) is 6.28. The second kappa shape index (κ2) is 14.0. The van der Waals surface area contributed by atoms with Crippen LogP contribution in [-0.4, -0.2) is 0 Å². The molecule has 47 heavy (non-hydrogen) atoms. The molecule has 6 aromatic carbocycles. The summed E-state index contributed by atoms with van der Waals surface area (Å²) < 4.78 is 0. The molecule has 0 fully saturated rings. The third kappa shape index (κ3) is 7.73. The molecule has 6 rings (SSSR count). The van der Waals surface area contributed by atoms with Crippen LogP contribution in [0, 0.1) is 0 Å². The van der Waals surface area contributed by atoms with Crippen LogP contribution in [0.3, 0.4) is 0 Å². The molecule has 0 aromatic heterocycles. The van der Waals surface area contributed by atoms with Gasteiger partial charge >= 0.3 is 0 Å². The van der Waals surface area contributed by atoms with E-state index < -0.39 is 0 Å². The Bertz CT molecular complexity index is 1830. The lowest BCUT2D eigenvalue weighted by Crippen LogP contribution is -2.28. The van der Waals surface area contributed by atoms with Gasteiger partial charge in [0.2, 0.25) is 0 Å².